The summed E-state index contributed by atoms with van der Waals surface area (Å²) in [6.45, 7) is 5.16. The number of ether oxygens (including phenoxy) is 1. The number of aromatic nitrogens is 2. The van der Waals surface area contributed by atoms with E-state index in [4.69, 9.17) is 16.3 Å². The normalized spacial score (nSPS) is 16.2. The van der Waals surface area contributed by atoms with E-state index in [0.717, 1.165) is 17.9 Å². The third-order valence-corrected chi connectivity index (χ3v) is 7.07. The first kappa shape index (κ1) is 24.5. The third-order valence-electron chi connectivity index (χ3n) is 5.84. The van der Waals surface area contributed by atoms with Crippen LogP contribution in [0.5, 0.6) is 11.6 Å². The van der Waals surface area contributed by atoms with Crippen LogP contribution in [-0.4, -0.2) is 46.5 Å². The average Bonchev–Trinajstić information content (AvgIpc) is 2.86. The van der Waals surface area contributed by atoms with Crippen molar-refractivity contribution < 1.29 is 9.53 Å². The number of carbonyl (C=O) groups excluding carboxylic acids is 1. The molecule has 6 nitrogen and oxygen atoms in total. The van der Waals surface area contributed by atoms with Crippen LogP contribution in [0.2, 0.25) is 5.02 Å². The van der Waals surface area contributed by atoms with Crippen LogP contribution in [-0.2, 0) is 0 Å². The van der Waals surface area contributed by atoms with Crippen molar-refractivity contribution in [3.05, 3.63) is 71.5 Å². The fraction of sp³-hybridized carbons (Fsp3) is 0.346. The highest BCUT2D eigenvalue weighted by molar-refractivity contribution is 7.99. The average molecular weight is 497 g/mol. The number of nitrogens with one attached hydrogen (secondary N) is 1. The second-order valence-corrected chi connectivity index (χ2v) is 9.84. The van der Waals surface area contributed by atoms with Gasteiger partial charge in [-0.3, -0.25) is 4.79 Å². The van der Waals surface area contributed by atoms with Gasteiger partial charge in [0, 0.05) is 47.0 Å². The Balaban J connectivity index is 1.29. The van der Waals surface area contributed by atoms with E-state index >= 15 is 0 Å². The Bertz CT molecular complexity index is 1080. The molecule has 2 heterocycles. The molecule has 0 unspecified atom stereocenters. The Morgan fingerprint density at radius 2 is 1.88 bits per heavy atom. The molecule has 1 N–H and O–H groups in total. The van der Waals surface area contributed by atoms with Crippen molar-refractivity contribution in [1.29, 1.82) is 0 Å². The smallest absolute Gasteiger partial charge is 0.252 e. The summed E-state index contributed by atoms with van der Waals surface area (Å²) in [4.78, 5) is 24.7. The quantitative estimate of drug-likeness (QED) is 0.363. The number of halogens is 1. The first-order valence-corrected chi connectivity index (χ1v) is 12.8. The molecule has 1 aliphatic heterocycles. The fourth-order valence-corrected chi connectivity index (χ4v) is 4.85. The largest absolute Gasteiger partial charge is 0.437 e. The summed E-state index contributed by atoms with van der Waals surface area (Å²) in [7, 11) is 0. The van der Waals surface area contributed by atoms with Gasteiger partial charge in [0.15, 0.2) is 5.03 Å². The lowest BCUT2D eigenvalue weighted by atomic mass is 10.0. The van der Waals surface area contributed by atoms with E-state index in [1.165, 1.54) is 37.6 Å². The molecule has 8 heteroatoms. The highest BCUT2D eigenvalue weighted by Gasteiger charge is 2.17. The van der Waals surface area contributed by atoms with E-state index < -0.39 is 0 Å². The topological polar surface area (TPSA) is 67.4 Å². The summed E-state index contributed by atoms with van der Waals surface area (Å²) in [6, 6.07) is 15.2. The van der Waals surface area contributed by atoms with Gasteiger partial charge in [-0.2, -0.15) is 0 Å². The maximum absolute atomic E-state index is 12.5. The minimum absolute atomic E-state index is 0.0725. The summed E-state index contributed by atoms with van der Waals surface area (Å²) in [6.07, 6.45) is 8.06. The Kier molecular flexibility index (Phi) is 8.79. The molecular weight excluding hydrogens is 468 g/mol. The first-order valence-electron chi connectivity index (χ1n) is 11.6. The third kappa shape index (κ3) is 6.95. The molecule has 1 aromatic heterocycles. The SMILES string of the molecule is C[C@@H]1CCCCN1CCCNC(=O)c1ccc(Oc2nccnc2Sc2ccc(Cl)cc2)cc1. The summed E-state index contributed by atoms with van der Waals surface area (Å²) in [5.41, 5.74) is 0.605. The maximum Gasteiger partial charge on any atom is 0.252 e. The second-order valence-electron chi connectivity index (χ2n) is 8.34. The van der Waals surface area contributed by atoms with Crippen LogP contribution < -0.4 is 10.1 Å². The van der Waals surface area contributed by atoms with Crippen LogP contribution in [0, 0.1) is 0 Å². The van der Waals surface area contributed by atoms with Crippen LogP contribution in [0.3, 0.4) is 0 Å². The summed E-state index contributed by atoms with van der Waals surface area (Å²) < 4.78 is 5.96. The van der Waals surface area contributed by atoms with Crippen molar-refractivity contribution in [2.24, 2.45) is 0 Å². The van der Waals surface area contributed by atoms with Crippen molar-refractivity contribution in [2.45, 2.75) is 48.6 Å². The predicted molar refractivity (Wildman–Crippen MR) is 136 cm³/mol. The summed E-state index contributed by atoms with van der Waals surface area (Å²) in [5.74, 6) is 0.928. The zero-order valence-electron chi connectivity index (χ0n) is 19.2. The lowest BCUT2D eigenvalue weighted by Gasteiger charge is -2.33. The monoisotopic (exact) mass is 496 g/mol. The molecule has 1 saturated heterocycles. The van der Waals surface area contributed by atoms with Crippen LogP contribution in [0.25, 0.3) is 0 Å². The first-order chi connectivity index (χ1) is 16.6. The predicted octanol–water partition coefficient (Wildman–Crippen LogP) is 6.07. The second kappa shape index (κ2) is 12.2. The van der Waals surface area contributed by atoms with Crippen LogP contribution in [0.1, 0.15) is 43.0 Å². The molecule has 3 aromatic rings. The van der Waals surface area contributed by atoms with Gasteiger partial charge in [0.25, 0.3) is 11.8 Å². The number of nitrogens with zero attached hydrogens (tertiary/aromatic N) is 3. The molecule has 178 valence electrons. The number of hydrogen-bond donors (Lipinski definition) is 1. The molecule has 0 saturated carbocycles. The lowest BCUT2D eigenvalue weighted by Crippen LogP contribution is -2.39. The van der Waals surface area contributed by atoms with Gasteiger partial charge in [-0.05, 0) is 81.3 Å². The minimum Gasteiger partial charge on any atom is -0.437 e. The van der Waals surface area contributed by atoms with E-state index in [0.29, 0.717) is 39.8 Å². The Labute approximate surface area is 210 Å². The molecule has 34 heavy (non-hydrogen) atoms. The number of rotatable bonds is 9. The van der Waals surface area contributed by atoms with Gasteiger partial charge in [-0.15, -0.1) is 0 Å². The Morgan fingerprint density at radius 1 is 1.12 bits per heavy atom. The molecule has 4 rings (SSSR count). The highest BCUT2D eigenvalue weighted by Crippen LogP contribution is 2.34. The van der Waals surface area contributed by atoms with Gasteiger partial charge in [0.1, 0.15) is 5.75 Å². The van der Waals surface area contributed by atoms with Gasteiger partial charge < -0.3 is 15.0 Å². The van der Waals surface area contributed by atoms with Gasteiger partial charge >= 0.3 is 0 Å². The van der Waals surface area contributed by atoms with Crippen molar-refractivity contribution >= 4 is 29.3 Å². The molecular formula is C26H29ClN4O2S. The van der Waals surface area contributed by atoms with E-state index in [9.17, 15) is 4.79 Å². The summed E-state index contributed by atoms with van der Waals surface area (Å²) >= 11 is 7.42. The van der Waals surface area contributed by atoms with E-state index in [1.807, 2.05) is 24.3 Å². The van der Waals surface area contributed by atoms with Gasteiger partial charge in [-0.1, -0.05) is 29.8 Å². The Hall–Kier alpha value is -2.61. The Morgan fingerprint density at radius 3 is 2.65 bits per heavy atom. The van der Waals surface area contributed by atoms with Gasteiger partial charge in [-0.25, -0.2) is 9.97 Å². The highest BCUT2D eigenvalue weighted by atomic mass is 35.5. The van der Waals surface area contributed by atoms with E-state index in [2.05, 4.69) is 27.1 Å². The molecule has 1 aliphatic rings. The molecule has 0 spiro atoms. The number of amides is 1. The molecule has 1 atom stereocenters. The van der Waals surface area contributed by atoms with Crippen LogP contribution >= 0.6 is 23.4 Å². The van der Waals surface area contributed by atoms with Crippen molar-refractivity contribution in [3.63, 3.8) is 0 Å². The number of likely N-dealkylation sites (tertiary alicyclic amines) is 1. The summed E-state index contributed by atoms with van der Waals surface area (Å²) in [5, 5.41) is 4.35. The fourth-order valence-electron chi connectivity index (χ4n) is 3.93. The number of benzene rings is 2. The van der Waals surface area contributed by atoms with Gasteiger partial charge in [0.2, 0.25) is 0 Å². The molecule has 1 fully saturated rings. The zero-order chi connectivity index (χ0) is 23.8. The van der Waals surface area contributed by atoms with E-state index in [1.54, 1.807) is 36.7 Å². The van der Waals surface area contributed by atoms with E-state index in [-0.39, 0.29) is 5.91 Å². The zero-order valence-corrected chi connectivity index (χ0v) is 20.8. The number of piperidine rings is 1. The standard InChI is InChI=1S/C26H29ClN4O2S/c1-19-5-2-3-17-31(19)18-4-14-28-24(32)20-6-10-22(11-7-20)33-25-26(30-16-15-29-25)34-23-12-8-21(27)9-13-23/h6-13,15-16,19H,2-5,14,17-18H2,1H3,(H,28,32)/t19-/m1/s1. The molecule has 2 aromatic carbocycles. The lowest BCUT2D eigenvalue weighted by molar-refractivity contribution is 0.0949. The van der Waals surface area contributed by atoms with Crippen molar-refractivity contribution in [1.82, 2.24) is 20.2 Å². The van der Waals surface area contributed by atoms with Gasteiger partial charge in [0.05, 0.1) is 0 Å². The molecule has 0 aliphatic carbocycles. The van der Waals surface area contributed by atoms with Crippen molar-refractivity contribution in [2.75, 3.05) is 19.6 Å². The maximum atomic E-state index is 12.5. The number of hydrogen-bond acceptors (Lipinski definition) is 6. The molecule has 0 bridgehead atoms. The molecule has 1 amide bonds. The minimum atomic E-state index is -0.0725. The number of carbonyl (C=O) groups is 1. The van der Waals surface area contributed by atoms with Crippen LogP contribution in [0.4, 0.5) is 0 Å². The molecule has 0 radical (unpaired) electrons. The van der Waals surface area contributed by atoms with Crippen LogP contribution in [0.15, 0.2) is 70.8 Å². The van der Waals surface area contributed by atoms with Crippen molar-refractivity contribution in [3.8, 4) is 11.6 Å².